The molecule has 132 valence electrons. The van der Waals surface area contributed by atoms with Crippen LogP contribution in [0.2, 0.25) is 0 Å². The van der Waals surface area contributed by atoms with Gasteiger partial charge in [-0.05, 0) is 45.1 Å². The Bertz CT molecular complexity index is 770. The summed E-state index contributed by atoms with van der Waals surface area (Å²) < 4.78 is 0. The number of aromatic amines is 1. The fourth-order valence-electron chi connectivity index (χ4n) is 2.92. The van der Waals surface area contributed by atoms with Crippen LogP contribution in [-0.4, -0.2) is 65.0 Å². The van der Waals surface area contributed by atoms with Crippen LogP contribution in [0.1, 0.15) is 33.0 Å². The second-order valence-corrected chi connectivity index (χ2v) is 6.38. The first-order valence-corrected chi connectivity index (χ1v) is 8.45. The molecule has 2 N–H and O–H groups in total. The molecule has 0 bridgehead atoms. The fourth-order valence-corrected chi connectivity index (χ4v) is 2.92. The van der Waals surface area contributed by atoms with Crippen LogP contribution in [0, 0.1) is 6.92 Å². The van der Waals surface area contributed by atoms with E-state index in [-0.39, 0.29) is 11.8 Å². The molecule has 1 aromatic heterocycles. The van der Waals surface area contributed by atoms with E-state index in [9.17, 15) is 9.59 Å². The van der Waals surface area contributed by atoms with Gasteiger partial charge in [-0.15, -0.1) is 0 Å². The Labute approximate surface area is 147 Å². The number of nitrogens with one attached hydrogen (secondary N) is 2. The molecule has 1 aliphatic rings. The lowest BCUT2D eigenvalue weighted by molar-refractivity contribution is 0.0764. The normalized spacial score (nSPS) is 15.7. The average molecular weight is 341 g/mol. The van der Waals surface area contributed by atoms with E-state index in [1.165, 1.54) is 0 Å². The highest BCUT2D eigenvalue weighted by molar-refractivity contribution is 6.08. The van der Waals surface area contributed by atoms with Gasteiger partial charge in [0.05, 0.1) is 11.3 Å². The first-order chi connectivity index (χ1) is 12.0. The number of amides is 2. The van der Waals surface area contributed by atoms with E-state index in [0.29, 0.717) is 23.5 Å². The number of aromatic nitrogens is 2. The van der Waals surface area contributed by atoms with Gasteiger partial charge >= 0.3 is 0 Å². The van der Waals surface area contributed by atoms with E-state index >= 15 is 0 Å². The van der Waals surface area contributed by atoms with Crippen molar-refractivity contribution in [2.75, 3.05) is 38.5 Å². The number of para-hydroxylation sites is 1. The van der Waals surface area contributed by atoms with E-state index in [4.69, 9.17) is 0 Å². The highest BCUT2D eigenvalue weighted by atomic mass is 16.2. The summed E-state index contributed by atoms with van der Waals surface area (Å²) in [6.45, 7) is 5.09. The molecule has 0 aliphatic carbocycles. The highest BCUT2D eigenvalue weighted by Crippen LogP contribution is 2.19. The Morgan fingerprint density at radius 1 is 1.16 bits per heavy atom. The lowest BCUT2D eigenvalue weighted by Gasteiger charge is -2.22. The zero-order chi connectivity index (χ0) is 17.8. The maximum atomic E-state index is 12.9. The SMILES string of the molecule is Cc1cc(C(=O)Nc2ccccc2C(=O)N2CCCN(C)CC2)n[nH]1. The zero-order valence-electron chi connectivity index (χ0n) is 14.6. The fraction of sp³-hybridized carbons (Fsp3) is 0.389. The largest absolute Gasteiger partial charge is 0.337 e. The van der Waals surface area contributed by atoms with Crippen LogP contribution in [0.4, 0.5) is 5.69 Å². The maximum Gasteiger partial charge on any atom is 0.276 e. The number of rotatable bonds is 3. The molecule has 0 atom stereocenters. The summed E-state index contributed by atoms with van der Waals surface area (Å²) in [5, 5.41) is 9.51. The van der Waals surface area contributed by atoms with E-state index < -0.39 is 0 Å². The van der Waals surface area contributed by atoms with Crippen molar-refractivity contribution in [2.24, 2.45) is 0 Å². The quantitative estimate of drug-likeness (QED) is 0.891. The Morgan fingerprint density at radius 2 is 1.96 bits per heavy atom. The summed E-state index contributed by atoms with van der Waals surface area (Å²) in [5.41, 5.74) is 2.13. The van der Waals surface area contributed by atoms with Gasteiger partial charge in [-0.1, -0.05) is 12.1 Å². The summed E-state index contributed by atoms with van der Waals surface area (Å²) in [5.74, 6) is -0.385. The Kier molecular flexibility index (Phi) is 5.14. The van der Waals surface area contributed by atoms with Crippen molar-refractivity contribution in [2.45, 2.75) is 13.3 Å². The monoisotopic (exact) mass is 341 g/mol. The van der Waals surface area contributed by atoms with Crippen molar-refractivity contribution in [3.63, 3.8) is 0 Å². The van der Waals surface area contributed by atoms with Gasteiger partial charge in [0, 0.05) is 25.3 Å². The van der Waals surface area contributed by atoms with Gasteiger partial charge in [0.15, 0.2) is 5.69 Å². The number of H-pyrrole nitrogens is 1. The first-order valence-electron chi connectivity index (χ1n) is 8.45. The van der Waals surface area contributed by atoms with Crippen molar-refractivity contribution in [3.8, 4) is 0 Å². The molecule has 0 unspecified atom stereocenters. The number of carbonyl (C=O) groups is 2. The molecule has 2 amide bonds. The molecule has 1 fully saturated rings. The van der Waals surface area contributed by atoms with Crippen molar-refractivity contribution >= 4 is 17.5 Å². The van der Waals surface area contributed by atoms with Crippen molar-refractivity contribution < 1.29 is 9.59 Å². The molecule has 7 heteroatoms. The number of hydrogen-bond acceptors (Lipinski definition) is 4. The number of aryl methyl sites for hydroxylation is 1. The Morgan fingerprint density at radius 3 is 2.72 bits per heavy atom. The molecule has 0 radical (unpaired) electrons. The standard InChI is InChI=1S/C18H23N5O2/c1-13-12-16(21-20-13)17(24)19-15-7-4-3-6-14(15)18(25)23-9-5-8-22(2)10-11-23/h3-4,6-7,12H,5,8-11H2,1-2H3,(H,19,24)(H,20,21). The van der Waals surface area contributed by atoms with E-state index in [0.717, 1.165) is 31.7 Å². The number of benzene rings is 1. The topological polar surface area (TPSA) is 81.3 Å². The van der Waals surface area contributed by atoms with Crippen molar-refractivity contribution in [1.82, 2.24) is 20.0 Å². The van der Waals surface area contributed by atoms with Crippen LogP contribution in [0.3, 0.4) is 0 Å². The van der Waals surface area contributed by atoms with Crippen LogP contribution in [-0.2, 0) is 0 Å². The minimum atomic E-state index is -0.333. The third kappa shape index (κ3) is 4.06. The van der Waals surface area contributed by atoms with E-state index in [1.54, 1.807) is 24.3 Å². The lowest BCUT2D eigenvalue weighted by atomic mass is 10.1. The number of anilines is 1. The number of hydrogen-bond donors (Lipinski definition) is 2. The Hall–Kier alpha value is -2.67. The van der Waals surface area contributed by atoms with E-state index in [2.05, 4.69) is 27.5 Å². The highest BCUT2D eigenvalue weighted by Gasteiger charge is 2.22. The third-order valence-electron chi connectivity index (χ3n) is 4.35. The minimum Gasteiger partial charge on any atom is -0.337 e. The predicted octanol–water partition coefficient (Wildman–Crippen LogP) is 1.75. The second kappa shape index (κ2) is 7.48. The van der Waals surface area contributed by atoms with Crippen LogP contribution < -0.4 is 5.32 Å². The molecule has 0 saturated carbocycles. The molecule has 7 nitrogen and oxygen atoms in total. The molecule has 2 aromatic rings. The summed E-state index contributed by atoms with van der Waals surface area (Å²) in [4.78, 5) is 29.4. The number of carbonyl (C=O) groups excluding carboxylic acids is 2. The van der Waals surface area contributed by atoms with Gasteiger partial charge in [0.1, 0.15) is 0 Å². The van der Waals surface area contributed by atoms with Gasteiger partial charge in [0.2, 0.25) is 0 Å². The predicted molar refractivity (Wildman–Crippen MR) is 95.7 cm³/mol. The van der Waals surface area contributed by atoms with Crippen LogP contribution in [0.5, 0.6) is 0 Å². The third-order valence-corrected chi connectivity index (χ3v) is 4.35. The summed E-state index contributed by atoms with van der Waals surface area (Å²) in [6.07, 6.45) is 0.948. The molecule has 1 saturated heterocycles. The molecule has 1 aromatic carbocycles. The lowest BCUT2D eigenvalue weighted by Crippen LogP contribution is -2.35. The van der Waals surface area contributed by atoms with Gasteiger partial charge < -0.3 is 15.1 Å². The second-order valence-electron chi connectivity index (χ2n) is 6.38. The molecule has 2 heterocycles. The van der Waals surface area contributed by atoms with Crippen LogP contribution in [0.15, 0.2) is 30.3 Å². The van der Waals surface area contributed by atoms with Crippen LogP contribution in [0.25, 0.3) is 0 Å². The molecular formula is C18H23N5O2. The first kappa shape index (κ1) is 17.2. The summed E-state index contributed by atoms with van der Waals surface area (Å²) >= 11 is 0. The molecule has 1 aliphatic heterocycles. The minimum absolute atomic E-state index is 0.0515. The van der Waals surface area contributed by atoms with Gasteiger partial charge in [-0.3, -0.25) is 14.7 Å². The van der Waals surface area contributed by atoms with Crippen molar-refractivity contribution in [3.05, 3.63) is 47.3 Å². The number of nitrogens with zero attached hydrogens (tertiary/aromatic N) is 3. The van der Waals surface area contributed by atoms with Crippen molar-refractivity contribution in [1.29, 1.82) is 0 Å². The molecule has 0 spiro atoms. The average Bonchev–Trinajstić information content (AvgIpc) is 2.92. The zero-order valence-corrected chi connectivity index (χ0v) is 14.6. The number of likely N-dealkylation sites (N-methyl/N-ethyl adjacent to an activating group) is 1. The maximum absolute atomic E-state index is 12.9. The van der Waals surface area contributed by atoms with Gasteiger partial charge in [0.25, 0.3) is 11.8 Å². The molecular weight excluding hydrogens is 318 g/mol. The molecule has 25 heavy (non-hydrogen) atoms. The van der Waals surface area contributed by atoms with Crippen LogP contribution >= 0.6 is 0 Å². The summed E-state index contributed by atoms with van der Waals surface area (Å²) in [6, 6.07) is 8.78. The summed E-state index contributed by atoms with van der Waals surface area (Å²) in [7, 11) is 2.06. The van der Waals surface area contributed by atoms with E-state index in [1.807, 2.05) is 17.9 Å². The molecule has 3 rings (SSSR count). The van der Waals surface area contributed by atoms with Gasteiger partial charge in [-0.2, -0.15) is 5.10 Å². The van der Waals surface area contributed by atoms with Gasteiger partial charge in [-0.25, -0.2) is 0 Å². The smallest absolute Gasteiger partial charge is 0.276 e. The Balaban J connectivity index is 1.78.